The van der Waals surface area contributed by atoms with E-state index in [0.29, 0.717) is 6.54 Å². The van der Waals surface area contributed by atoms with E-state index in [1.165, 1.54) is 5.69 Å². The second-order valence-electron chi connectivity index (χ2n) is 4.44. The average molecular weight is 356 g/mol. The van der Waals surface area contributed by atoms with E-state index in [4.69, 9.17) is 0 Å². The van der Waals surface area contributed by atoms with Crippen LogP contribution in [0.25, 0.3) is 0 Å². The molecule has 0 spiro atoms. The van der Waals surface area contributed by atoms with Gasteiger partial charge in [0.1, 0.15) is 5.01 Å². The summed E-state index contributed by atoms with van der Waals surface area (Å²) in [4.78, 5) is 10.7. The number of guanidine groups is 1. The third-order valence-electron chi connectivity index (χ3n) is 2.93. The molecule has 0 radical (unpaired) electrons. The number of rotatable bonds is 4. The Morgan fingerprint density at radius 3 is 2.95 bits per heavy atom. The molecule has 2 aromatic heterocycles. The van der Waals surface area contributed by atoms with Gasteiger partial charge in [-0.1, -0.05) is 0 Å². The van der Waals surface area contributed by atoms with Crippen LogP contribution < -0.4 is 5.32 Å². The molecule has 1 N–H and O–H groups in total. The fraction of sp³-hybridized carbons (Fsp3) is 0.385. The van der Waals surface area contributed by atoms with Gasteiger partial charge in [0.15, 0.2) is 5.96 Å². The molecule has 5 nitrogen and oxygen atoms in total. The first kappa shape index (κ1) is 15.1. The van der Waals surface area contributed by atoms with Crippen molar-refractivity contribution in [3.05, 3.63) is 39.0 Å². The molecule has 20 heavy (non-hydrogen) atoms. The van der Waals surface area contributed by atoms with Gasteiger partial charge in [-0.2, -0.15) is 0 Å². The van der Waals surface area contributed by atoms with Crippen LogP contribution in [0.1, 0.15) is 10.7 Å². The van der Waals surface area contributed by atoms with Crippen LogP contribution >= 0.6 is 27.3 Å². The lowest BCUT2D eigenvalue weighted by atomic mass is 10.4. The largest absolute Gasteiger partial charge is 0.352 e. The summed E-state index contributed by atoms with van der Waals surface area (Å²) in [6.45, 7) is 1.49. The van der Waals surface area contributed by atoms with Crippen molar-refractivity contribution in [1.82, 2.24) is 19.8 Å². The van der Waals surface area contributed by atoms with Gasteiger partial charge in [0, 0.05) is 49.1 Å². The molecular weight excluding hydrogens is 338 g/mol. The molecule has 0 aliphatic rings. The van der Waals surface area contributed by atoms with Gasteiger partial charge in [0.25, 0.3) is 0 Å². The van der Waals surface area contributed by atoms with Crippen LogP contribution in [0.3, 0.4) is 0 Å². The summed E-state index contributed by atoms with van der Waals surface area (Å²) < 4.78 is 3.20. The third-order valence-corrected chi connectivity index (χ3v) is 4.14. The fourth-order valence-corrected chi connectivity index (χ4v) is 3.05. The third kappa shape index (κ3) is 3.83. The Morgan fingerprint density at radius 2 is 2.40 bits per heavy atom. The molecule has 0 bridgehead atoms. The monoisotopic (exact) mass is 355 g/mol. The number of thiazole rings is 1. The summed E-state index contributed by atoms with van der Waals surface area (Å²) in [7, 11) is 5.86. The molecule has 0 unspecified atom stereocenters. The van der Waals surface area contributed by atoms with E-state index in [1.54, 1.807) is 18.4 Å². The maximum Gasteiger partial charge on any atom is 0.194 e. The molecule has 2 rings (SSSR count). The number of nitrogens with zero attached hydrogens (tertiary/aromatic N) is 4. The first-order chi connectivity index (χ1) is 9.60. The minimum atomic E-state index is 0.700. The number of halogens is 1. The Balaban J connectivity index is 1.95. The van der Waals surface area contributed by atoms with Gasteiger partial charge in [0.2, 0.25) is 0 Å². The second-order valence-corrected chi connectivity index (χ2v) is 6.34. The number of aryl methyl sites for hydroxylation is 1. The Kier molecular flexibility index (Phi) is 5.19. The Bertz CT molecular complexity index is 576. The van der Waals surface area contributed by atoms with Gasteiger partial charge in [-0.05, 0) is 22.0 Å². The van der Waals surface area contributed by atoms with Crippen LogP contribution in [0.4, 0.5) is 0 Å². The highest BCUT2D eigenvalue weighted by molar-refractivity contribution is 9.10. The van der Waals surface area contributed by atoms with Crippen LogP contribution in [0.5, 0.6) is 0 Å². The van der Waals surface area contributed by atoms with E-state index >= 15 is 0 Å². The van der Waals surface area contributed by atoms with Crippen LogP contribution in [0, 0.1) is 0 Å². The maximum absolute atomic E-state index is 4.31. The summed E-state index contributed by atoms with van der Waals surface area (Å²) in [5.74, 6) is 0.859. The first-order valence-electron chi connectivity index (χ1n) is 6.21. The summed E-state index contributed by atoms with van der Waals surface area (Å²) in [6, 6.07) is 2.12. The number of aliphatic imine (C=N–C) groups is 1. The molecular formula is C13H18BrN5S. The minimum absolute atomic E-state index is 0.700. The van der Waals surface area contributed by atoms with Gasteiger partial charge >= 0.3 is 0 Å². The van der Waals surface area contributed by atoms with Crippen molar-refractivity contribution in [2.45, 2.75) is 13.1 Å². The van der Waals surface area contributed by atoms with Gasteiger partial charge in [0.05, 0.1) is 13.1 Å². The second kappa shape index (κ2) is 6.90. The van der Waals surface area contributed by atoms with Crippen molar-refractivity contribution in [1.29, 1.82) is 0 Å². The van der Waals surface area contributed by atoms with E-state index in [0.717, 1.165) is 22.0 Å². The first-order valence-corrected chi connectivity index (χ1v) is 7.88. The Hall–Kier alpha value is -1.34. The summed E-state index contributed by atoms with van der Waals surface area (Å²) in [5, 5.41) is 6.35. The summed E-state index contributed by atoms with van der Waals surface area (Å²) >= 11 is 5.13. The van der Waals surface area contributed by atoms with E-state index in [2.05, 4.69) is 53.0 Å². The highest BCUT2D eigenvalue weighted by Crippen LogP contribution is 2.15. The quantitative estimate of drug-likeness (QED) is 0.676. The van der Waals surface area contributed by atoms with Gasteiger partial charge in [-0.3, -0.25) is 4.99 Å². The molecule has 0 saturated carbocycles. The number of hydrogen-bond donors (Lipinski definition) is 1. The standard InChI is InChI=1S/C13H18BrN5S/c1-15-13(17-7-12-16-4-5-20-12)19(3)9-11-6-10(14)8-18(11)2/h4-6,8H,7,9H2,1-3H3,(H,15,17). The van der Waals surface area contributed by atoms with Gasteiger partial charge in [-0.25, -0.2) is 4.98 Å². The number of nitrogens with one attached hydrogen (secondary N) is 1. The normalized spacial score (nSPS) is 11.7. The van der Waals surface area contributed by atoms with Crippen molar-refractivity contribution in [2.75, 3.05) is 14.1 Å². The lowest BCUT2D eigenvalue weighted by molar-refractivity contribution is 0.461. The molecule has 2 heterocycles. The topological polar surface area (TPSA) is 45.5 Å². The zero-order valence-corrected chi connectivity index (χ0v) is 14.2. The number of hydrogen-bond acceptors (Lipinski definition) is 3. The van der Waals surface area contributed by atoms with Crippen LogP contribution in [0.2, 0.25) is 0 Å². The van der Waals surface area contributed by atoms with Crippen LogP contribution in [-0.2, 0) is 20.1 Å². The summed E-state index contributed by atoms with van der Waals surface area (Å²) in [6.07, 6.45) is 3.87. The van der Waals surface area contributed by atoms with Crippen molar-refractivity contribution < 1.29 is 0 Å². The predicted octanol–water partition coefficient (Wildman–Crippen LogP) is 2.45. The summed E-state index contributed by atoms with van der Waals surface area (Å²) in [5.41, 5.74) is 1.22. The molecule has 0 saturated heterocycles. The van der Waals surface area contributed by atoms with Crippen molar-refractivity contribution >= 4 is 33.2 Å². The molecule has 108 valence electrons. The Labute approximate surface area is 131 Å². The van der Waals surface area contributed by atoms with Gasteiger partial charge in [-0.15, -0.1) is 11.3 Å². The smallest absolute Gasteiger partial charge is 0.194 e. The molecule has 0 aromatic carbocycles. The fourth-order valence-electron chi connectivity index (χ4n) is 1.92. The van der Waals surface area contributed by atoms with E-state index in [1.807, 2.05) is 25.7 Å². The minimum Gasteiger partial charge on any atom is -0.352 e. The molecule has 0 aliphatic carbocycles. The van der Waals surface area contributed by atoms with E-state index in [9.17, 15) is 0 Å². The van der Waals surface area contributed by atoms with Crippen LogP contribution in [-0.4, -0.2) is 34.5 Å². The SMILES string of the molecule is CN=C(NCc1nccs1)N(C)Cc1cc(Br)cn1C. The van der Waals surface area contributed by atoms with Crippen molar-refractivity contribution in [2.24, 2.45) is 12.0 Å². The molecule has 0 atom stereocenters. The molecule has 0 fully saturated rings. The van der Waals surface area contributed by atoms with E-state index in [-0.39, 0.29) is 0 Å². The van der Waals surface area contributed by atoms with Crippen LogP contribution in [0.15, 0.2) is 33.3 Å². The van der Waals surface area contributed by atoms with E-state index < -0.39 is 0 Å². The van der Waals surface area contributed by atoms with Crippen molar-refractivity contribution in [3.63, 3.8) is 0 Å². The zero-order chi connectivity index (χ0) is 14.5. The Morgan fingerprint density at radius 1 is 1.60 bits per heavy atom. The zero-order valence-electron chi connectivity index (χ0n) is 11.8. The lowest BCUT2D eigenvalue weighted by Gasteiger charge is -2.22. The molecule has 2 aromatic rings. The van der Waals surface area contributed by atoms with Crippen molar-refractivity contribution in [3.8, 4) is 0 Å². The van der Waals surface area contributed by atoms with Gasteiger partial charge < -0.3 is 14.8 Å². The lowest BCUT2D eigenvalue weighted by Crippen LogP contribution is -2.38. The highest BCUT2D eigenvalue weighted by atomic mass is 79.9. The number of aromatic nitrogens is 2. The highest BCUT2D eigenvalue weighted by Gasteiger charge is 2.09. The molecule has 7 heteroatoms. The maximum atomic E-state index is 4.31. The molecule has 0 amide bonds. The molecule has 0 aliphatic heterocycles. The predicted molar refractivity (Wildman–Crippen MR) is 86.9 cm³/mol. The average Bonchev–Trinajstić information content (AvgIpc) is 3.01.